The van der Waals surface area contributed by atoms with Crippen LogP contribution < -0.4 is 10.1 Å². The molecule has 1 fully saturated rings. The highest BCUT2D eigenvalue weighted by Gasteiger charge is 2.26. The topological polar surface area (TPSA) is 46.1 Å². The highest BCUT2D eigenvalue weighted by Crippen LogP contribution is 2.33. The fourth-order valence-corrected chi connectivity index (χ4v) is 3.91. The van der Waals surface area contributed by atoms with E-state index in [9.17, 15) is 0 Å². The number of piperidine rings is 1. The summed E-state index contributed by atoms with van der Waals surface area (Å²) in [5.74, 6) is 2.50. The Bertz CT molecular complexity index is 631. The van der Waals surface area contributed by atoms with Gasteiger partial charge in [-0.2, -0.15) is 0 Å². The van der Waals surface area contributed by atoms with Crippen molar-refractivity contribution in [3.8, 4) is 5.75 Å². The minimum absolute atomic E-state index is 0.0676. The molecule has 1 N–H and O–H groups in total. The van der Waals surface area contributed by atoms with E-state index in [-0.39, 0.29) is 5.60 Å². The number of nitrogens with zero attached hydrogens (tertiary/aromatic N) is 2. The summed E-state index contributed by atoms with van der Waals surface area (Å²) < 4.78 is 11.9. The van der Waals surface area contributed by atoms with Gasteiger partial charge in [-0.3, -0.25) is 4.99 Å². The molecule has 5 nitrogen and oxygen atoms in total. The van der Waals surface area contributed by atoms with Crippen molar-refractivity contribution in [2.24, 2.45) is 4.99 Å². The molecule has 1 unspecified atom stereocenters. The van der Waals surface area contributed by atoms with E-state index in [4.69, 9.17) is 14.5 Å². The van der Waals surface area contributed by atoms with E-state index in [1.807, 2.05) is 6.07 Å². The van der Waals surface area contributed by atoms with Crippen LogP contribution in [0.5, 0.6) is 5.75 Å². The Balaban J connectivity index is 1.61. The van der Waals surface area contributed by atoms with Crippen LogP contribution in [0.3, 0.4) is 0 Å². The SMILES string of the molecule is CCNC(=NCC1CCOc2ccccc21)N1CCC(OC(C)(C)C)CC1. The van der Waals surface area contributed by atoms with Crippen molar-refractivity contribution < 1.29 is 9.47 Å². The van der Waals surface area contributed by atoms with Crippen LogP contribution in [0.15, 0.2) is 29.3 Å². The zero-order chi connectivity index (χ0) is 19.3. The van der Waals surface area contributed by atoms with Crippen molar-refractivity contribution in [2.75, 3.05) is 32.8 Å². The van der Waals surface area contributed by atoms with Crippen molar-refractivity contribution in [3.63, 3.8) is 0 Å². The van der Waals surface area contributed by atoms with Crippen LogP contribution in [-0.2, 0) is 4.74 Å². The molecule has 27 heavy (non-hydrogen) atoms. The number of ether oxygens (including phenoxy) is 2. The van der Waals surface area contributed by atoms with Crippen LogP contribution in [0.25, 0.3) is 0 Å². The summed E-state index contributed by atoms with van der Waals surface area (Å²) in [6, 6.07) is 8.38. The molecule has 5 heteroatoms. The summed E-state index contributed by atoms with van der Waals surface area (Å²) in [5, 5.41) is 3.48. The first-order chi connectivity index (χ1) is 13.0. The van der Waals surface area contributed by atoms with E-state index < -0.39 is 0 Å². The number of benzene rings is 1. The highest BCUT2D eigenvalue weighted by molar-refractivity contribution is 5.80. The molecule has 1 aromatic carbocycles. The van der Waals surface area contributed by atoms with Gasteiger partial charge < -0.3 is 19.7 Å². The molecule has 2 aliphatic rings. The predicted molar refractivity (Wildman–Crippen MR) is 111 cm³/mol. The van der Waals surface area contributed by atoms with Crippen molar-refractivity contribution in [1.82, 2.24) is 10.2 Å². The Morgan fingerprint density at radius 1 is 1.22 bits per heavy atom. The van der Waals surface area contributed by atoms with Crippen molar-refractivity contribution in [1.29, 1.82) is 0 Å². The number of likely N-dealkylation sites (tertiary alicyclic amines) is 1. The second kappa shape index (κ2) is 8.96. The number of para-hydroxylation sites is 1. The molecule has 0 saturated carbocycles. The Kier molecular flexibility index (Phi) is 6.64. The average molecular weight is 374 g/mol. The number of hydrogen-bond donors (Lipinski definition) is 1. The lowest BCUT2D eigenvalue weighted by Crippen LogP contribution is -2.48. The van der Waals surface area contributed by atoms with Crippen LogP contribution in [-0.4, -0.2) is 55.4 Å². The standard InChI is InChI=1S/C22H35N3O2/c1-5-23-21(25-13-10-18(11-14-25)27-22(2,3)4)24-16-17-12-15-26-20-9-7-6-8-19(17)20/h6-9,17-18H,5,10-16H2,1-4H3,(H,23,24). The molecule has 2 heterocycles. The largest absolute Gasteiger partial charge is 0.493 e. The molecular weight excluding hydrogens is 338 g/mol. The predicted octanol–water partition coefficient (Wildman–Crippen LogP) is 3.80. The van der Waals surface area contributed by atoms with Crippen molar-refractivity contribution >= 4 is 5.96 Å². The highest BCUT2D eigenvalue weighted by atomic mass is 16.5. The molecule has 0 spiro atoms. The maximum absolute atomic E-state index is 6.16. The molecule has 0 aliphatic carbocycles. The maximum Gasteiger partial charge on any atom is 0.193 e. The minimum atomic E-state index is -0.0676. The second-order valence-corrected chi connectivity index (χ2v) is 8.48. The van der Waals surface area contributed by atoms with Crippen molar-refractivity contribution in [3.05, 3.63) is 29.8 Å². The first-order valence-corrected chi connectivity index (χ1v) is 10.4. The first kappa shape index (κ1) is 20.0. The third-order valence-corrected chi connectivity index (χ3v) is 5.14. The number of guanidine groups is 1. The van der Waals surface area contributed by atoms with Crippen LogP contribution in [0.1, 0.15) is 58.4 Å². The van der Waals surface area contributed by atoms with Gasteiger partial charge in [-0.25, -0.2) is 0 Å². The number of fused-ring (bicyclic) bond motifs is 1. The number of aliphatic imine (C=N–C) groups is 1. The molecule has 3 rings (SSSR count). The fraction of sp³-hybridized carbons (Fsp3) is 0.682. The van der Waals surface area contributed by atoms with E-state index in [1.165, 1.54) is 5.56 Å². The van der Waals surface area contributed by atoms with E-state index in [0.29, 0.717) is 12.0 Å². The molecule has 0 radical (unpaired) electrons. The third kappa shape index (κ3) is 5.61. The van der Waals surface area contributed by atoms with Gasteiger partial charge in [0.25, 0.3) is 0 Å². The normalized spacial score (nSPS) is 21.6. The lowest BCUT2D eigenvalue weighted by molar-refractivity contribution is -0.0772. The maximum atomic E-state index is 6.16. The van der Waals surface area contributed by atoms with Gasteiger partial charge in [-0.15, -0.1) is 0 Å². The van der Waals surface area contributed by atoms with Gasteiger partial charge in [0.2, 0.25) is 0 Å². The summed E-state index contributed by atoms with van der Waals surface area (Å²) in [4.78, 5) is 7.38. The van der Waals surface area contributed by atoms with Crippen LogP contribution >= 0.6 is 0 Å². The van der Waals surface area contributed by atoms with Gasteiger partial charge in [0.1, 0.15) is 5.75 Å². The minimum Gasteiger partial charge on any atom is -0.493 e. The molecule has 0 amide bonds. The third-order valence-electron chi connectivity index (χ3n) is 5.14. The molecule has 0 aromatic heterocycles. The lowest BCUT2D eigenvalue weighted by atomic mass is 9.93. The van der Waals surface area contributed by atoms with Gasteiger partial charge in [0, 0.05) is 32.1 Å². The number of nitrogens with one attached hydrogen (secondary N) is 1. The molecule has 1 atom stereocenters. The zero-order valence-corrected chi connectivity index (χ0v) is 17.3. The smallest absolute Gasteiger partial charge is 0.193 e. The van der Waals surface area contributed by atoms with E-state index in [0.717, 1.165) is 63.8 Å². The summed E-state index contributed by atoms with van der Waals surface area (Å²) in [6.07, 6.45) is 3.50. The van der Waals surface area contributed by atoms with Crippen LogP contribution in [0.4, 0.5) is 0 Å². The van der Waals surface area contributed by atoms with Crippen LogP contribution in [0.2, 0.25) is 0 Å². The monoisotopic (exact) mass is 373 g/mol. The number of rotatable bonds is 4. The second-order valence-electron chi connectivity index (χ2n) is 8.48. The Morgan fingerprint density at radius 3 is 2.67 bits per heavy atom. The van der Waals surface area contributed by atoms with Crippen LogP contribution in [0, 0.1) is 0 Å². The van der Waals surface area contributed by atoms with Gasteiger partial charge in [-0.1, -0.05) is 18.2 Å². The van der Waals surface area contributed by atoms with E-state index in [1.54, 1.807) is 0 Å². The first-order valence-electron chi connectivity index (χ1n) is 10.4. The lowest BCUT2D eigenvalue weighted by Gasteiger charge is -2.37. The quantitative estimate of drug-likeness (QED) is 0.644. The molecule has 1 aromatic rings. The molecule has 0 bridgehead atoms. The molecule has 1 saturated heterocycles. The van der Waals surface area contributed by atoms with Crippen molar-refractivity contribution in [2.45, 2.75) is 64.6 Å². The van der Waals surface area contributed by atoms with E-state index in [2.05, 4.69) is 56.1 Å². The summed E-state index contributed by atoms with van der Waals surface area (Å²) in [5.41, 5.74) is 1.22. The zero-order valence-electron chi connectivity index (χ0n) is 17.3. The summed E-state index contributed by atoms with van der Waals surface area (Å²) in [6.45, 7) is 13.0. The average Bonchev–Trinajstić information content (AvgIpc) is 2.64. The molecule has 150 valence electrons. The molecule has 2 aliphatic heterocycles. The summed E-state index contributed by atoms with van der Waals surface area (Å²) >= 11 is 0. The Labute approximate surface area is 164 Å². The van der Waals surface area contributed by atoms with E-state index >= 15 is 0 Å². The summed E-state index contributed by atoms with van der Waals surface area (Å²) in [7, 11) is 0. The Morgan fingerprint density at radius 2 is 1.96 bits per heavy atom. The van der Waals surface area contributed by atoms with Gasteiger partial charge in [-0.05, 0) is 58.6 Å². The Hall–Kier alpha value is -1.75. The molecular formula is C22H35N3O2. The van der Waals surface area contributed by atoms with Gasteiger partial charge in [0.05, 0.1) is 18.3 Å². The van der Waals surface area contributed by atoms with Gasteiger partial charge in [0.15, 0.2) is 5.96 Å². The fourth-order valence-electron chi connectivity index (χ4n) is 3.91. The number of hydrogen-bond acceptors (Lipinski definition) is 3. The van der Waals surface area contributed by atoms with Gasteiger partial charge >= 0.3 is 0 Å².